The molecule has 1 fully saturated rings. The van der Waals surface area contributed by atoms with Gasteiger partial charge in [-0.3, -0.25) is 9.89 Å². The molecule has 0 aromatic heterocycles. The lowest BCUT2D eigenvalue weighted by atomic mass is 10.3. The summed E-state index contributed by atoms with van der Waals surface area (Å²) in [5.41, 5.74) is 0. The summed E-state index contributed by atoms with van der Waals surface area (Å²) < 4.78 is 0. The van der Waals surface area contributed by atoms with E-state index in [9.17, 15) is 0 Å². The minimum Gasteiger partial charge on any atom is -0.355 e. The van der Waals surface area contributed by atoms with E-state index in [0.717, 1.165) is 19.0 Å². The van der Waals surface area contributed by atoms with Crippen molar-refractivity contribution in [1.82, 2.24) is 20.4 Å². The normalized spacial score (nSPS) is 18.3. The molecule has 1 aliphatic heterocycles. The van der Waals surface area contributed by atoms with Gasteiger partial charge in [-0.25, -0.2) is 0 Å². The predicted octanol–water partition coefficient (Wildman–Crippen LogP) is 0.815. The van der Waals surface area contributed by atoms with Crippen LogP contribution in [0.4, 0.5) is 0 Å². The van der Waals surface area contributed by atoms with Crippen LogP contribution < -0.4 is 10.6 Å². The standard InChI is InChI=1S/C13H29N5.HI/c1-5-17-8-10-18(11-9-17)7-6-15-13(14-4)16-12(2)3;/h12H,5-11H2,1-4H3,(H2,14,15,16);1H. The smallest absolute Gasteiger partial charge is 0.191 e. The van der Waals surface area contributed by atoms with E-state index in [1.165, 1.54) is 32.7 Å². The Balaban J connectivity index is 0.00000324. The molecular formula is C13H30IN5. The number of hydrogen-bond donors (Lipinski definition) is 2. The van der Waals surface area contributed by atoms with Gasteiger partial charge in [-0.05, 0) is 20.4 Å². The quantitative estimate of drug-likeness (QED) is 0.419. The first-order valence-corrected chi connectivity index (χ1v) is 7.07. The summed E-state index contributed by atoms with van der Waals surface area (Å²) >= 11 is 0. The molecule has 1 saturated heterocycles. The van der Waals surface area contributed by atoms with Crippen molar-refractivity contribution in [1.29, 1.82) is 0 Å². The maximum atomic E-state index is 4.20. The lowest BCUT2D eigenvalue weighted by Gasteiger charge is -2.34. The molecule has 0 bridgehead atoms. The fraction of sp³-hybridized carbons (Fsp3) is 0.923. The number of guanidine groups is 1. The first kappa shape index (κ1) is 18.9. The van der Waals surface area contributed by atoms with E-state index in [0.29, 0.717) is 6.04 Å². The van der Waals surface area contributed by atoms with Crippen LogP contribution in [0.2, 0.25) is 0 Å². The Morgan fingerprint density at radius 1 is 1.16 bits per heavy atom. The van der Waals surface area contributed by atoms with Crippen LogP contribution in [0, 0.1) is 0 Å². The fourth-order valence-corrected chi connectivity index (χ4v) is 2.13. The van der Waals surface area contributed by atoms with Gasteiger partial charge in [0.2, 0.25) is 0 Å². The second kappa shape index (κ2) is 10.7. The van der Waals surface area contributed by atoms with Gasteiger partial charge in [0.25, 0.3) is 0 Å². The van der Waals surface area contributed by atoms with E-state index in [4.69, 9.17) is 0 Å². The maximum Gasteiger partial charge on any atom is 0.191 e. The van der Waals surface area contributed by atoms with E-state index in [1.54, 1.807) is 0 Å². The minimum absolute atomic E-state index is 0. The molecule has 0 aromatic carbocycles. The lowest BCUT2D eigenvalue weighted by Crippen LogP contribution is -2.49. The van der Waals surface area contributed by atoms with Crippen LogP contribution in [-0.2, 0) is 0 Å². The molecule has 114 valence electrons. The number of rotatable bonds is 5. The molecule has 0 atom stereocenters. The maximum absolute atomic E-state index is 4.20. The van der Waals surface area contributed by atoms with Gasteiger partial charge in [0.1, 0.15) is 0 Å². The topological polar surface area (TPSA) is 42.9 Å². The van der Waals surface area contributed by atoms with Crippen molar-refractivity contribution < 1.29 is 0 Å². The first-order chi connectivity index (χ1) is 8.65. The number of hydrogen-bond acceptors (Lipinski definition) is 3. The molecule has 0 amide bonds. The minimum atomic E-state index is 0. The summed E-state index contributed by atoms with van der Waals surface area (Å²) in [6, 6.07) is 0.421. The molecule has 5 nitrogen and oxygen atoms in total. The van der Waals surface area contributed by atoms with E-state index in [2.05, 4.69) is 46.2 Å². The van der Waals surface area contributed by atoms with Gasteiger partial charge in [-0.2, -0.15) is 0 Å². The molecule has 1 heterocycles. The Bertz CT molecular complexity index is 249. The average molecular weight is 383 g/mol. The summed E-state index contributed by atoms with van der Waals surface area (Å²) in [5, 5.41) is 6.65. The van der Waals surface area contributed by atoms with Gasteiger partial charge < -0.3 is 15.5 Å². The Kier molecular flexibility index (Phi) is 10.6. The van der Waals surface area contributed by atoms with Gasteiger partial charge in [0.05, 0.1) is 0 Å². The number of aliphatic imine (C=N–C) groups is 1. The molecule has 0 aliphatic carbocycles. The largest absolute Gasteiger partial charge is 0.355 e. The SMILES string of the molecule is CCN1CCN(CCNC(=NC)NC(C)C)CC1.I. The van der Waals surface area contributed by atoms with E-state index in [1.807, 2.05) is 7.05 Å². The number of nitrogens with one attached hydrogen (secondary N) is 2. The Labute approximate surface area is 135 Å². The van der Waals surface area contributed by atoms with Crippen molar-refractivity contribution in [2.75, 3.05) is 52.9 Å². The van der Waals surface area contributed by atoms with Crippen molar-refractivity contribution in [2.24, 2.45) is 4.99 Å². The third kappa shape index (κ3) is 7.94. The van der Waals surface area contributed by atoms with Gasteiger partial charge in [-0.15, -0.1) is 24.0 Å². The van der Waals surface area contributed by atoms with Crippen LogP contribution in [0.3, 0.4) is 0 Å². The second-order valence-electron chi connectivity index (χ2n) is 5.07. The van der Waals surface area contributed by atoms with Crippen LogP contribution in [-0.4, -0.2) is 74.7 Å². The molecular weight excluding hydrogens is 353 g/mol. The average Bonchev–Trinajstić information content (AvgIpc) is 2.38. The fourth-order valence-electron chi connectivity index (χ4n) is 2.13. The van der Waals surface area contributed by atoms with Gasteiger partial charge in [0, 0.05) is 52.4 Å². The Morgan fingerprint density at radius 3 is 2.21 bits per heavy atom. The van der Waals surface area contributed by atoms with E-state index < -0.39 is 0 Å². The van der Waals surface area contributed by atoms with Crippen molar-refractivity contribution >= 4 is 29.9 Å². The molecule has 0 unspecified atom stereocenters. The zero-order valence-electron chi connectivity index (χ0n) is 12.8. The molecule has 19 heavy (non-hydrogen) atoms. The second-order valence-corrected chi connectivity index (χ2v) is 5.07. The summed E-state index contributed by atoms with van der Waals surface area (Å²) in [6.45, 7) is 14.5. The summed E-state index contributed by atoms with van der Waals surface area (Å²) in [7, 11) is 1.82. The molecule has 0 saturated carbocycles. The zero-order chi connectivity index (χ0) is 13.4. The Hall–Kier alpha value is -0.0800. The highest BCUT2D eigenvalue weighted by molar-refractivity contribution is 14.0. The molecule has 1 rings (SSSR count). The van der Waals surface area contributed by atoms with Crippen LogP contribution >= 0.6 is 24.0 Å². The highest BCUT2D eigenvalue weighted by Gasteiger charge is 2.14. The van der Waals surface area contributed by atoms with Gasteiger partial charge in [0.15, 0.2) is 5.96 Å². The summed E-state index contributed by atoms with van der Waals surface area (Å²) in [5.74, 6) is 0.900. The number of likely N-dealkylation sites (N-methyl/N-ethyl adjacent to an activating group) is 1. The van der Waals surface area contributed by atoms with Gasteiger partial charge >= 0.3 is 0 Å². The lowest BCUT2D eigenvalue weighted by molar-refractivity contribution is 0.139. The third-order valence-corrected chi connectivity index (χ3v) is 3.28. The van der Waals surface area contributed by atoms with Crippen molar-refractivity contribution in [3.63, 3.8) is 0 Å². The molecule has 0 radical (unpaired) electrons. The van der Waals surface area contributed by atoms with Crippen LogP contribution in [0.25, 0.3) is 0 Å². The van der Waals surface area contributed by atoms with Crippen LogP contribution in [0.5, 0.6) is 0 Å². The zero-order valence-corrected chi connectivity index (χ0v) is 15.1. The molecule has 2 N–H and O–H groups in total. The highest BCUT2D eigenvalue weighted by Crippen LogP contribution is 1.99. The third-order valence-electron chi connectivity index (χ3n) is 3.28. The van der Waals surface area contributed by atoms with E-state index >= 15 is 0 Å². The molecule has 1 aliphatic rings. The van der Waals surface area contributed by atoms with Crippen molar-refractivity contribution in [3.8, 4) is 0 Å². The van der Waals surface area contributed by atoms with Gasteiger partial charge in [-0.1, -0.05) is 6.92 Å². The monoisotopic (exact) mass is 383 g/mol. The van der Waals surface area contributed by atoms with E-state index in [-0.39, 0.29) is 24.0 Å². The van der Waals surface area contributed by atoms with Crippen molar-refractivity contribution in [2.45, 2.75) is 26.8 Å². The predicted molar refractivity (Wildman–Crippen MR) is 93.6 cm³/mol. The number of piperazine rings is 1. The first-order valence-electron chi connectivity index (χ1n) is 7.07. The highest BCUT2D eigenvalue weighted by atomic mass is 127. The Morgan fingerprint density at radius 2 is 1.74 bits per heavy atom. The number of halogens is 1. The van der Waals surface area contributed by atoms with Crippen LogP contribution in [0.15, 0.2) is 4.99 Å². The van der Waals surface area contributed by atoms with Crippen molar-refractivity contribution in [3.05, 3.63) is 0 Å². The van der Waals surface area contributed by atoms with Crippen LogP contribution in [0.1, 0.15) is 20.8 Å². The summed E-state index contributed by atoms with van der Waals surface area (Å²) in [6.07, 6.45) is 0. The summed E-state index contributed by atoms with van der Waals surface area (Å²) in [4.78, 5) is 9.22. The number of nitrogens with zero attached hydrogens (tertiary/aromatic N) is 3. The molecule has 6 heteroatoms. The molecule has 0 spiro atoms. The molecule has 0 aromatic rings.